The van der Waals surface area contributed by atoms with Crippen LogP contribution in [0.2, 0.25) is 0 Å². The molecule has 1 unspecified atom stereocenters. The first-order valence-corrected chi connectivity index (χ1v) is 6.36. The molecule has 0 aromatic heterocycles. The number of amides is 1. The van der Waals surface area contributed by atoms with Crippen molar-refractivity contribution in [3.63, 3.8) is 0 Å². The summed E-state index contributed by atoms with van der Waals surface area (Å²) in [6.07, 6.45) is -4.63. The Morgan fingerprint density at radius 2 is 1.86 bits per heavy atom. The third kappa shape index (κ3) is 4.21. The highest BCUT2D eigenvalue weighted by Gasteiger charge is 2.36. The molecule has 0 fully saturated rings. The minimum absolute atomic E-state index is 0.128. The Labute approximate surface area is 120 Å². The molecule has 0 heterocycles. The number of nitrogens with zero attached hydrogens (tertiary/aromatic N) is 1. The maximum absolute atomic E-state index is 12.9. The zero-order valence-electron chi connectivity index (χ0n) is 11.6. The Morgan fingerprint density at radius 3 is 2.33 bits per heavy atom. The lowest BCUT2D eigenvalue weighted by Crippen LogP contribution is -2.37. The zero-order chi connectivity index (χ0) is 16.2. The fourth-order valence-corrected chi connectivity index (χ4v) is 1.85. The van der Waals surface area contributed by atoms with E-state index in [2.05, 4.69) is 0 Å². The highest BCUT2D eigenvalue weighted by atomic mass is 19.4. The summed E-state index contributed by atoms with van der Waals surface area (Å²) in [6.45, 7) is 2.97. The second-order valence-electron chi connectivity index (χ2n) is 4.63. The van der Waals surface area contributed by atoms with Crippen molar-refractivity contribution < 1.29 is 27.9 Å². The Bertz CT molecular complexity index is 528. The number of benzene rings is 1. The molecule has 1 amide bonds. The van der Waals surface area contributed by atoms with Gasteiger partial charge in [-0.05, 0) is 19.1 Å². The fourth-order valence-electron chi connectivity index (χ4n) is 1.85. The summed E-state index contributed by atoms with van der Waals surface area (Å²) in [5.74, 6) is -2.78. The molecule has 0 aliphatic heterocycles. The number of rotatable bonds is 5. The van der Waals surface area contributed by atoms with Crippen molar-refractivity contribution in [3.05, 3.63) is 35.4 Å². The number of carboxylic acid groups (broad SMARTS) is 1. The van der Waals surface area contributed by atoms with Crippen molar-refractivity contribution in [2.45, 2.75) is 20.0 Å². The van der Waals surface area contributed by atoms with E-state index in [4.69, 9.17) is 5.11 Å². The summed E-state index contributed by atoms with van der Waals surface area (Å²) < 4.78 is 38.7. The van der Waals surface area contributed by atoms with Crippen LogP contribution in [0.5, 0.6) is 0 Å². The van der Waals surface area contributed by atoms with E-state index in [0.29, 0.717) is 0 Å². The first kappa shape index (κ1) is 17.0. The summed E-state index contributed by atoms with van der Waals surface area (Å²) in [4.78, 5) is 24.2. The first-order chi connectivity index (χ1) is 9.68. The molecular weight excluding hydrogens is 287 g/mol. The van der Waals surface area contributed by atoms with Crippen LogP contribution in [0, 0.1) is 5.92 Å². The van der Waals surface area contributed by atoms with Crippen LogP contribution in [0.4, 0.5) is 13.2 Å². The van der Waals surface area contributed by atoms with Crippen molar-refractivity contribution >= 4 is 11.9 Å². The number of hydrogen-bond donors (Lipinski definition) is 1. The number of carbonyl (C=O) groups is 2. The molecule has 0 saturated heterocycles. The number of alkyl halides is 3. The molecule has 1 aromatic carbocycles. The molecular formula is C14H16F3NO3. The van der Waals surface area contributed by atoms with Gasteiger partial charge in [-0.2, -0.15) is 13.2 Å². The van der Waals surface area contributed by atoms with Crippen LogP contribution in [0.1, 0.15) is 29.8 Å². The summed E-state index contributed by atoms with van der Waals surface area (Å²) in [5, 5.41) is 8.84. The van der Waals surface area contributed by atoms with Crippen molar-refractivity contribution in [1.82, 2.24) is 4.90 Å². The minimum Gasteiger partial charge on any atom is -0.481 e. The lowest BCUT2D eigenvalue weighted by Gasteiger charge is -2.24. The van der Waals surface area contributed by atoms with Gasteiger partial charge >= 0.3 is 12.1 Å². The van der Waals surface area contributed by atoms with Gasteiger partial charge in [-0.1, -0.05) is 19.1 Å². The molecule has 1 aromatic rings. The second-order valence-corrected chi connectivity index (χ2v) is 4.63. The molecule has 4 nitrogen and oxygen atoms in total. The van der Waals surface area contributed by atoms with Crippen molar-refractivity contribution in [2.75, 3.05) is 13.1 Å². The number of aliphatic carboxylic acids is 1. The summed E-state index contributed by atoms with van der Waals surface area (Å²) in [6, 6.07) is 4.48. The highest BCUT2D eigenvalue weighted by molar-refractivity contribution is 5.96. The zero-order valence-corrected chi connectivity index (χ0v) is 11.6. The van der Waals surface area contributed by atoms with E-state index in [0.717, 1.165) is 17.0 Å². The summed E-state index contributed by atoms with van der Waals surface area (Å²) in [5.41, 5.74) is -1.49. The maximum atomic E-state index is 12.9. The molecule has 0 aliphatic rings. The number of hydrogen-bond acceptors (Lipinski definition) is 2. The number of halogens is 3. The average Bonchev–Trinajstić information content (AvgIpc) is 2.42. The quantitative estimate of drug-likeness (QED) is 0.910. The third-order valence-electron chi connectivity index (χ3n) is 3.05. The normalized spacial score (nSPS) is 12.8. The average molecular weight is 303 g/mol. The van der Waals surface area contributed by atoms with Crippen LogP contribution >= 0.6 is 0 Å². The standard InChI is InChI=1S/C14H16F3NO3/c1-3-18(8-9(2)13(20)21)12(19)10-6-4-5-7-11(10)14(15,16)17/h4-7,9H,3,8H2,1-2H3,(H,20,21). The molecule has 1 N–H and O–H groups in total. The van der Waals surface area contributed by atoms with Crippen LogP contribution in [0.3, 0.4) is 0 Å². The van der Waals surface area contributed by atoms with Gasteiger partial charge in [0.05, 0.1) is 17.0 Å². The van der Waals surface area contributed by atoms with Crippen LogP contribution in [0.15, 0.2) is 24.3 Å². The molecule has 0 spiro atoms. The Balaban J connectivity index is 3.09. The monoisotopic (exact) mass is 303 g/mol. The molecule has 21 heavy (non-hydrogen) atoms. The van der Waals surface area contributed by atoms with Crippen molar-refractivity contribution in [3.8, 4) is 0 Å². The lowest BCUT2D eigenvalue weighted by molar-refractivity contribution is -0.141. The molecule has 0 aliphatic carbocycles. The van der Waals surface area contributed by atoms with E-state index in [1.54, 1.807) is 6.92 Å². The van der Waals surface area contributed by atoms with Gasteiger partial charge in [-0.3, -0.25) is 9.59 Å². The third-order valence-corrected chi connectivity index (χ3v) is 3.05. The lowest BCUT2D eigenvalue weighted by atomic mass is 10.0. The van der Waals surface area contributed by atoms with Gasteiger partial charge in [0.15, 0.2) is 0 Å². The summed E-state index contributed by atoms with van der Waals surface area (Å²) >= 11 is 0. The van der Waals surface area contributed by atoms with Gasteiger partial charge in [-0.25, -0.2) is 0 Å². The van der Waals surface area contributed by atoms with Gasteiger partial charge in [-0.15, -0.1) is 0 Å². The van der Waals surface area contributed by atoms with Crippen LogP contribution in [-0.4, -0.2) is 35.0 Å². The topological polar surface area (TPSA) is 57.6 Å². The predicted molar refractivity (Wildman–Crippen MR) is 69.8 cm³/mol. The van der Waals surface area contributed by atoms with E-state index in [9.17, 15) is 22.8 Å². The van der Waals surface area contributed by atoms with E-state index >= 15 is 0 Å². The fraction of sp³-hybridized carbons (Fsp3) is 0.429. The van der Waals surface area contributed by atoms with Gasteiger partial charge in [0, 0.05) is 13.1 Å². The van der Waals surface area contributed by atoms with Gasteiger partial charge in [0.1, 0.15) is 0 Å². The predicted octanol–water partition coefficient (Wildman–Crippen LogP) is 2.89. The molecule has 1 atom stereocenters. The van der Waals surface area contributed by atoms with E-state index in [-0.39, 0.29) is 13.1 Å². The SMILES string of the molecule is CCN(CC(C)C(=O)O)C(=O)c1ccccc1C(F)(F)F. The maximum Gasteiger partial charge on any atom is 0.417 e. The van der Waals surface area contributed by atoms with Gasteiger partial charge < -0.3 is 10.0 Å². The molecule has 116 valence electrons. The largest absolute Gasteiger partial charge is 0.481 e. The second kappa shape index (κ2) is 6.60. The smallest absolute Gasteiger partial charge is 0.417 e. The van der Waals surface area contributed by atoms with Crippen LogP contribution in [0.25, 0.3) is 0 Å². The van der Waals surface area contributed by atoms with E-state index in [1.165, 1.54) is 19.1 Å². The molecule has 0 bridgehead atoms. The molecule has 0 saturated carbocycles. The number of carboxylic acids is 1. The van der Waals surface area contributed by atoms with Gasteiger partial charge in [0.2, 0.25) is 0 Å². The molecule has 7 heteroatoms. The highest BCUT2D eigenvalue weighted by Crippen LogP contribution is 2.32. The van der Waals surface area contributed by atoms with Crippen LogP contribution < -0.4 is 0 Å². The minimum atomic E-state index is -4.63. The first-order valence-electron chi connectivity index (χ1n) is 6.36. The summed E-state index contributed by atoms with van der Waals surface area (Å²) in [7, 11) is 0. The Hall–Kier alpha value is -2.05. The van der Waals surface area contributed by atoms with Crippen LogP contribution in [-0.2, 0) is 11.0 Å². The van der Waals surface area contributed by atoms with Crippen molar-refractivity contribution in [2.24, 2.45) is 5.92 Å². The van der Waals surface area contributed by atoms with E-state index < -0.39 is 35.1 Å². The Kier molecular flexibility index (Phi) is 5.34. The molecule has 1 rings (SSSR count). The van der Waals surface area contributed by atoms with Crippen molar-refractivity contribution in [1.29, 1.82) is 0 Å². The molecule has 0 radical (unpaired) electrons. The van der Waals surface area contributed by atoms with Gasteiger partial charge in [0.25, 0.3) is 5.91 Å². The number of carbonyl (C=O) groups excluding carboxylic acids is 1. The Morgan fingerprint density at radius 1 is 1.29 bits per heavy atom. The van der Waals surface area contributed by atoms with E-state index in [1.807, 2.05) is 0 Å².